The summed E-state index contributed by atoms with van der Waals surface area (Å²) in [5.41, 5.74) is 0.799. The SMILES string of the molecule is CSCC(=O)N1CCC(=NO)CC1. The minimum Gasteiger partial charge on any atom is -0.411 e. The van der Waals surface area contributed by atoms with Crippen LogP contribution in [0.2, 0.25) is 0 Å². The van der Waals surface area contributed by atoms with Crippen LogP contribution in [-0.2, 0) is 4.79 Å². The van der Waals surface area contributed by atoms with Gasteiger partial charge < -0.3 is 10.1 Å². The van der Waals surface area contributed by atoms with Gasteiger partial charge in [-0.05, 0) is 6.26 Å². The van der Waals surface area contributed by atoms with Crippen molar-refractivity contribution in [3.63, 3.8) is 0 Å². The topological polar surface area (TPSA) is 52.9 Å². The van der Waals surface area contributed by atoms with Crippen LogP contribution in [0.4, 0.5) is 0 Å². The number of rotatable bonds is 2. The van der Waals surface area contributed by atoms with Crippen LogP contribution in [0.25, 0.3) is 0 Å². The Labute approximate surface area is 82.0 Å². The predicted octanol–water partition coefficient (Wildman–Crippen LogP) is 0.802. The van der Waals surface area contributed by atoms with Gasteiger partial charge in [0.05, 0.1) is 11.5 Å². The van der Waals surface area contributed by atoms with Gasteiger partial charge in [0.15, 0.2) is 0 Å². The molecule has 0 aliphatic carbocycles. The Morgan fingerprint density at radius 3 is 2.69 bits per heavy atom. The Kier molecular flexibility index (Phi) is 4.08. The zero-order valence-electron chi connectivity index (χ0n) is 7.69. The van der Waals surface area contributed by atoms with Gasteiger partial charge in [-0.1, -0.05) is 5.16 Å². The predicted molar refractivity (Wildman–Crippen MR) is 53.4 cm³/mol. The summed E-state index contributed by atoms with van der Waals surface area (Å²) in [6.07, 6.45) is 3.33. The lowest BCUT2D eigenvalue weighted by atomic mass is 10.1. The van der Waals surface area contributed by atoms with Gasteiger partial charge in [0.2, 0.25) is 5.91 Å². The van der Waals surface area contributed by atoms with Crippen LogP contribution in [-0.4, -0.2) is 46.8 Å². The molecule has 4 nitrogen and oxygen atoms in total. The molecule has 1 amide bonds. The maximum Gasteiger partial charge on any atom is 0.232 e. The van der Waals surface area contributed by atoms with Crippen LogP contribution in [0.3, 0.4) is 0 Å². The van der Waals surface area contributed by atoms with Gasteiger partial charge in [-0.2, -0.15) is 11.8 Å². The first kappa shape index (κ1) is 10.4. The molecule has 0 aromatic heterocycles. The van der Waals surface area contributed by atoms with Gasteiger partial charge in [-0.25, -0.2) is 0 Å². The summed E-state index contributed by atoms with van der Waals surface area (Å²) in [5.74, 6) is 0.732. The van der Waals surface area contributed by atoms with E-state index < -0.39 is 0 Å². The maximum atomic E-state index is 11.4. The first-order valence-corrected chi connectivity index (χ1v) is 5.64. The first-order chi connectivity index (χ1) is 6.27. The van der Waals surface area contributed by atoms with Crippen molar-refractivity contribution in [2.45, 2.75) is 12.8 Å². The van der Waals surface area contributed by atoms with E-state index in [0.717, 1.165) is 5.71 Å². The van der Waals surface area contributed by atoms with Gasteiger partial charge in [0.25, 0.3) is 0 Å². The smallest absolute Gasteiger partial charge is 0.232 e. The van der Waals surface area contributed by atoms with Crippen LogP contribution in [0.1, 0.15) is 12.8 Å². The second-order valence-corrected chi connectivity index (χ2v) is 3.85. The van der Waals surface area contributed by atoms with E-state index in [4.69, 9.17) is 5.21 Å². The Morgan fingerprint density at radius 1 is 1.62 bits per heavy atom. The summed E-state index contributed by atoms with van der Waals surface area (Å²) < 4.78 is 0. The van der Waals surface area contributed by atoms with Crippen LogP contribution in [0.5, 0.6) is 0 Å². The van der Waals surface area contributed by atoms with Crippen molar-refractivity contribution < 1.29 is 10.0 Å². The van der Waals surface area contributed by atoms with Crippen molar-refractivity contribution in [2.24, 2.45) is 5.16 Å². The molecule has 1 heterocycles. The average molecular weight is 202 g/mol. The molecular formula is C8H14N2O2S. The van der Waals surface area contributed by atoms with Crippen LogP contribution < -0.4 is 0 Å². The van der Waals surface area contributed by atoms with Crippen LogP contribution in [0.15, 0.2) is 5.16 Å². The summed E-state index contributed by atoms with van der Waals surface area (Å²) >= 11 is 1.54. The van der Waals surface area contributed by atoms with Gasteiger partial charge in [0, 0.05) is 25.9 Å². The van der Waals surface area contributed by atoms with E-state index in [0.29, 0.717) is 31.7 Å². The van der Waals surface area contributed by atoms with Crippen molar-refractivity contribution >= 4 is 23.4 Å². The molecule has 0 saturated carbocycles. The molecule has 1 saturated heterocycles. The highest BCUT2D eigenvalue weighted by Gasteiger charge is 2.19. The minimum atomic E-state index is 0.185. The molecule has 5 heteroatoms. The lowest BCUT2D eigenvalue weighted by molar-refractivity contribution is -0.128. The fourth-order valence-electron chi connectivity index (χ4n) is 1.33. The molecule has 1 fully saturated rings. The molecule has 0 unspecified atom stereocenters. The third-order valence-corrected chi connectivity index (χ3v) is 2.64. The molecule has 0 spiro atoms. The fraction of sp³-hybridized carbons (Fsp3) is 0.750. The van der Waals surface area contributed by atoms with Crippen molar-refractivity contribution in [3.05, 3.63) is 0 Å². The number of nitrogens with zero attached hydrogens (tertiary/aromatic N) is 2. The van der Waals surface area contributed by atoms with E-state index in [9.17, 15) is 4.79 Å². The average Bonchev–Trinajstić information content (AvgIpc) is 2.18. The molecule has 0 aromatic rings. The van der Waals surface area contributed by atoms with E-state index in [-0.39, 0.29) is 5.91 Å². The van der Waals surface area contributed by atoms with Crippen molar-refractivity contribution in [3.8, 4) is 0 Å². The summed E-state index contributed by atoms with van der Waals surface area (Å²) in [6, 6.07) is 0. The number of hydrogen-bond donors (Lipinski definition) is 1. The summed E-state index contributed by atoms with van der Waals surface area (Å²) in [7, 11) is 0. The molecule has 0 aromatic carbocycles. The van der Waals surface area contributed by atoms with E-state index in [1.807, 2.05) is 11.2 Å². The molecule has 0 bridgehead atoms. The Morgan fingerprint density at radius 2 is 2.23 bits per heavy atom. The van der Waals surface area contributed by atoms with Gasteiger partial charge >= 0.3 is 0 Å². The van der Waals surface area contributed by atoms with Crippen LogP contribution in [0, 0.1) is 0 Å². The Balaban J connectivity index is 2.36. The number of likely N-dealkylation sites (tertiary alicyclic amines) is 1. The Hall–Kier alpha value is -0.710. The number of carbonyl (C=O) groups is 1. The molecule has 74 valence electrons. The van der Waals surface area contributed by atoms with Crippen molar-refractivity contribution in [1.29, 1.82) is 0 Å². The third-order valence-electron chi connectivity index (χ3n) is 2.10. The zero-order valence-corrected chi connectivity index (χ0v) is 8.51. The number of carbonyl (C=O) groups excluding carboxylic acids is 1. The van der Waals surface area contributed by atoms with Crippen LogP contribution >= 0.6 is 11.8 Å². The monoisotopic (exact) mass is 202 g/mol. The lowest BCUT2D eigenvalue weighted by Gasteiger charge is -2.26. The number of amides is 1. The molecule has 1 N–H and O–H groups in total. The van der Waals surface area contributed by atoms with Gasteiger partial charge in [-0.15, -0.1) is 0 Å². The zero-order chi connectivity index (χ0) is 9.68. The van der Waals surface area contributed by atoms with Crippen molar-refractivity contribution in [2.75, 3.05) is 25.1 Å². The summed E-state index contributed by atoms with van der Waals surface area (Å²) in [5, 5.41) is 11.7. The molecule has 1 rings (SSSR count). The second-order valence-electron chi connectivity index (χ2n) is 2.98. The fourth-order valence-corrected chi connectivity index (χ4v) is 1.76. The highest BCUT2D eigenvalue weighted by atomic mass is 32.2. The molecule has 0 radical (unpaired) electrons. The maximum absolute atomic E-state index is 11.4. The number of oxime groups is 1. The molecular weight excluding hydrogens is 188 g/mol. The van der Waals surface area contributed by atoms with Crippen molar-refractivity contribution in [1.82, 2.24) is 4.90 Å². The molecule has 0 atom stereocenters. The molecule has 1 aliphatic heterocycles. The minimum absolute atomic E-state index is 0.185. The highest BCUT2D eigenvalue weighted by molar-refractivity contribution is 7.99. The summed E-state index contributed by atoms with van der Waals surface area (Å²) in [6.45, 7) is 1.39. The van der Waals surface area contributed by atoms with Gasteiger partial charge in [0.1, 0.15) is 0 Å². The highest BCUT2D eigenvalue weighted by Crippen LogP contribution is 2.08. The van der Waals surface area contributed by atoms with E-state index in [1.54, 1.807) is 0 Å². The van der Waals surface area contributed by atoms with E-state index >= 15 is 0 Å². The third kappa shape index (κ3) is 2.91. The number of piperidine rings is 1. The molecule has 13 heavy (non-hydrogen) atoms. The summed E-state index contributed by atoms with van der Waals surface area (Å²) in [4.78, 5) is 13.2. The second kappa shape index (κ2) is 5.11. The Bertz CT molecular complexity index is 208. The van der Waals surface area contributed by atoms with E-state index in [1.165, 1.54) is 11.8 Å². The lowest BCUT2D eigenvalue weighted by Crippen LogP contribution is -2.39. The standard InChI is InChI=1S/C8H14N2O2S/c1-13-6-8(11)10-4-2-7(9-12)3-5-10/h12H,2-6H2,1H3. The normalized spacial score (nSPS) is 17.3. The van der Waals surface area contributed by atoms with Gasteiger partial charge in [-0.3, -0.25) is 4.79 Å². The van der Waals surface area contributed by atoms with E-state index in [2.05, 4.69) is 5.16 Å². The number of thioether (sulfide) groups is 1. The molecule has 1 aliphatic rings. The largest absolute Gasteiger partial charge is 0.411 e. The quantitative estimate of drug-likeness (QED) is 0.532. The number of hydrogen-bond acceptors (Lipinski definition) is 4. The first-order valence-electron chi connectivity index (χ1n) is 4.24.